The Morgan fingerprint density at radius 3 is 2.34 bits per heavy atom. The number of methoxy groups -OCH3 is 1. The van der Waals surface area contributed by atoms with Gasteiger partial charge in [-0.1, -0.05) is 12.1 Å². The van der Waals surface area contributed by atoms with Crippen molar-refractivity contribution in [2.24, 2.45) is 11.8 Å². The fraction of sp³-hybridized carbons (Fsp3) is 0.459. The van der Waals surface area contributed by atoms with Gasteiger partial charge in [0.15, 0.2) is 5.54 Å². The minimum Gasteiger partial charge on any atom is -0.495 e. The summed E-state index contributed by atoms with van der Waals surface area (Å²) in [4.78, 5) is 37.9. The number of nitriles is 1. The third-order valence-corrected chi connectivity index (χ3v) is 12.1. The van der Waals surface area contributed by atoms with Crippen LogP contribution in [0.5, 0.6) is 11.6 Å². The Hall–Kier alpha value is -4.67. The lowest BCUT2D eigenvalue weighted by Gasteiger charge is -2.42. The molecule has 3 aromatic rings. The number of hydrogen-bond donors (Lipinski definition) is 1. The van der Waals surface area contributed by atoms with Crippen molar-refractivity contribution in [3.8, 4) is 17.7 Å². The van der Waals surface area contributed by atoms with E-state index < -0.39 is 27.5 Å². The van der Waals surface area contributed by atoms with E-state index in [1.807, 2.05) is 0 Å². The molecule has 13 heteroatoms. The van der Waals surface area contributed by atoms with Gasteiger partial charge in [0.2, 0.25) is 5.88 Å². The van der Waals surface area contributed by atoms with Crippen LogP contribution in [0.4, 0.5) is 10.5 Å². The molecule has 1 unspecified atom stereocenters. The van der Waals surface area contributed by atoms with Crippen molar-refractivity contribution in [2.45, 2.75) is 62.9 Å². The van der Waals surface area contributed by atoms with Gasteiger partial charge in [0.25, 0.3) is 15.9 Å². The molecule has 0 saturated carbocycles. The first-order valence-electron chi connectivity index (χ1n) is 17.2. The zero-order valence-electron chi connectivity index (χ0n) is 29.0. The van der Waals surface area contributed by atoms with Gasteiger partial charge < -0.3 is 24.6 Å². The lowest BCUT2D eigenvalue weighted by molar-refractivity contribution is -0.121. The zero-order chi connectivity index (χ0) is 35.6. The lowest BCUT2D eigenvalue weighted by atomic mass is 9.78. The number of nitrogens with one attached hydrogen (secondary N) is 1. The molecule has 2 fully saturated rings. The molecule has 2 aromatic carbocycles. The van der Waals surface area contributed by atoms with Crippen LogP contribution in [0.15, 0.2) is 65.7 Å². The number of likely N-dealkylation sites (tertiary alicyclic amines) is 2. The van der Waals surface area contributed by atoms with Crippen molar-refractivity contribution >= 4 is 27.6 Å². The number of piperidine rings is 2. The lowest BCUT2D eigenvalue weighted by Crippen LogP contribution is -2.58. The van der Waals surface area contributed by atoms with Crippen LogP contribution in [0.1, 0.15) is 63.1 Å². The largest absolute Gasteiger partial charge is 0.495 e. The normalized spacial score (nSPS) is 20.4. The minimum absolute atomic E-state index is 0.00189. The summed E-state index contributed by atoms with van der Waals surface area (Å²) < 4.78 is 40.9. The summed E-state index contributed by atoms with van der Waals surface area (Å²) in [5, 5.41) is 12.9. The van der Waals surface area contributed by atoms with Gasteiger partial charge >= 0.3 is 6.03 Å². The van der Waals surface area contributed by atoms with E-state index in [0.29, 0.717) is 35.3 Å². The highest BCUT2D eigenvalue weighted by molar-refractivity contribution is 7.93. The number of amides is 3. The number of ether oxygens (including phenoxy) is 2. The van der Waals surface area contributed by atoms with Crippen molar-refractivity contribution in [2.75, 3.05) is 44.2 Å². The van der Waals surface area contributed by atoms with Gasteiger partial charge in [0, 0.05) is 30.9 Å². The molecule has 0 radical (unpaired) electrons. The quantitative estimate of drug-likeness (QED) is 0.330. The number of benzene rings is 2. The third-order valence-electron chi connectivity index (χ3n) is 10.4. The van der Waals surface area contributed by atoms with Crippen LogP contribution in [0.25, 0.3) is 0 Å². The second-order valence-electron chi connectivity index (χ2n) is 13.3. The average molecular weight is 701 g/mol. The number of para-hydroxylation sites is 1. The minimum atomic E-state index is -4.61. The Morgan fingerprint density at radius 1 is 1.02 bits per heavy atom. The van der Waals surface area contributed by atoms with Gasteiger partial charge in [-0.2, -0.15) is 9.57 Å². The number of aromatic nitrogens is 1. The van der Waals surface area contributed by atoms with E-state index in [1.54, 1.807) is 30.0 Å². The molecule has 4 heterocycles. The van der Waals surface area contributed by atoms with Gasteiger partial charge in [0.1, 0.15) is 10.6 Å². The fourth-order valence-corrected chi connectivity index (χ4v) is 9.35. The van der Waals surface area contributed by atoms with E-state index in [4.69, 9.17) is 9.47 Å². The summed E-state index contributed by atoms with van der Waals surface area (Å²) in [6.45, 7) is 9.56. The first-order chi connectivity index (χ1) is 24.1. The number of carbonyl (C=O) groups is 2. The van der Waals surface area contributed by atoms with Crippen LogP contribution < -0.4 is 19.1 Å². The number of fused-ring (bicyclic) bond motifs is 1. The maximum atomic E-state index is 15.1. The highest BCUT2D eigenvalue weighted by Crippen LogP contribution is 2.50. The zero-order valence-corrected chi connectivity index (χ0v) is 29.8. The van der Waals surface area contributed by atoms with E-state index in [9.17, 15) is 18.5 Å². The summed E-state index contributed by atoms with van der Waals surface area (Å²) >= 11 is 0. The second-order valence-corrected chi connectivity index (χ2v) is 15.1. The Kier molecular flexibility index (Phi) is 10.0. The second kappa shape index (κ2) is 14.3. The summed E-state index contributed by atoms with van der Waals surface area (Å²) in [5.41, 5.74) is -1.65. The monoisotopic (exact) mass is 700 g/mol. The fourth-order valence-electron chi connectivity index (χ4n) is 7.73. The van der Waals surface area contributed by atoms with Crippen LogP contribution in [-0.4, -0.2) is 81.1 Å². The first kappa shape index (κ1) is 35.2. The van der Waals surface area contributed by atoms with E-state index in [-0.39, 0.29) is 45.5 Å². The third kappa shape index (κ3) is 6.15. The van der Waals surface area contributed by atoms with Crippen molar-refractivity contribution in [1.29, 1.82) is 5.26 Å². The molecule has 12 nitrogen and oxygen atoms in total. The van der Waals surface area contributed by atoms with E-state index >= 15 is 4.79 Å². The van der Waals surface area contributed by atoms with Crippen LogP contribution in [0.3, 0.4) is 0 Å². The Morgan fingerprint density at radius 2 is 1.70 bits per heavy atom. The van der Waals surface area contributed by atoms with Gasteiger partial charge in [-0.3, -0.25) is 4.79 Å². The molecule has 0 bridgehead atoms. The number of carbonyl (C=O) groups excluding carboxylic acids is 2. The molecule has 3 aliphatic rings. The number of pyridine rings is 1. The topological polar surface area (TPSA) is 145 Å². The molecule has 50 heavy (non-hydrogen) atoms. The smallest absolute Gasteiger partial charge is 0.318 e. The molecule has 2 saturated heterocycles. The Bertz CT molecular complexity index is 1900. The molecular weight excluding hydrogens is 657 g/mol. The summed E-state index contributed by atoms with van der Waals surface area (Å²) in [5.74, 6) is 0.250. The van der Waals surface area contributed by atoms with Crippen LogP contribution in [-0.2, 0) is 20.4 Å². The Labute approximate surface area is 294 Å². The molecular formula is C37H44N6O6S. The molecule has 0 aliphatic carbocycles. The summed E-state index contributed by atoms with van der Waals surface area (Å²) in [6, 6.07) is 15.6. The van der Waals surface area contributed by atoms with E-state index in [2.05, 4.69) is 35.1 Å². The van der Waals surface area contributed by atoms with Crippen molar-refractivity contribution in [1.82, 2.24) is 20.1 Å². The predicted molar refractivity (Wildman–Crippen MR) is 187 cm³/mol. The predicted octanol–water partition coefficient (Wildman–Crippen LogP) is 4.88. The van der Waals surface area contributed by atoms with Crippen LogP contribution in [0, 0.1) is 23.2 Å². The molecule has 1 aromatic heterocycles. The van der Waals surface area contributed by atoms with Gasteiger partial charge in [0.05, 0.1) is 36.6 Å². The highest BCUT2D eigenvalue weighted by atomic mass is 32.2. The molecule has 3 aliphatic heterocycles. The van der Waals surface area contributed by atoms with Gasteiger partial charge in [-0.25, -0.2) is 18.2 Å². The van der Waals surface area contributed by atoms with Crippen LogP contribution >= 0.6 is 0 Å². The molecule has 6 rings (SSSR count). The van der Waals surface area contributed by atoms with Crippen molar-refractivity contribution in [3.63, 3.8) is 0 Å². The maximum absolute atomic E-state index is 15.1. The maximum Gasteiger partial charge on any atom is 0.318 e. The number of nitrogens with zero attached hydrogens (tertiary/aromatic N) is 5. The van der Waals surface area contributed by atoms with Crippen molar-refractivity contribution in [3.05, 3.63) is 77.5 Å². The van der Waals surface area contributed by atoms with Gasteiger partial charge in [-0.05, 0) is 114 Å². The number of hydrogen-bond acceptors (Lipinski definition) is 9. The standard InChI is InChI=1S/C37H44N6O6S/c1-5-49-34-29(9-8-18-39-34)37(40-36(45)42-21-16-28(17-22-42)27-14-19-41(20-15-27)25(2)3)30-23-26(24-38)12-13-31(30)43(35(37)44)50(46,47)33-11-7-6-10-32(33)48-4/h6-13,18,23,25,27-28H,5,14-17,19-22H2,1-4H3,(H,40,45). The summed E-state index contributed by atoms with van der Waals surface area (Å²) in [6.07, 6.45) is 5.45. The summed E-state index contributed by atoms with van der Waals surface area (Å²) in [7, 11) is -3.26. The van der Waals surface area contributed by atoms with Crippen molar-refractivity contribution < 1.29 is 27.5 Å². The molecule has 0 spiro atoms. The molecule has 264 valence electrons. The number of sulfonamides is 1. The number of rotatable bonds is 9. The molecule has 1 atom stereocenters. The molecule has 3 amide bonds. The SMILES string of the molecule is CCOc1ncccc1C1(NC(=O)N2CCC(C3CCN(C(C)C)CC3)CC2)C(=O)N(S(=O)(=O)c2ccccc2OC)c2ccc(C#N)cc21. The Balaban J connectivity index is 1.40. The number of anilines is 1. The van der Waals surface area contributed by atoms with Crippen LogP contribution in [0.2, 0.25) is 0 Å². The molecule has 1 N–H and O–H groups in total. The number of urea groups is 1. The van der Waals surface area contributed by atoms with Gasteiger partial charge in [-0.15, -0.1) is 0 Å². The van der Waals surface area contributed by atoms with E-state index in [1.165, 1.54) is 49.7 Å². The average Bonchev–Trinajstić information content (AvgIpc) is 3.39. The van der Waals surface area contributed by atoms with E-state index in [0.717, 1.165) is 38.8 Å². The highest BCUT2D eigenvalue weighted by Gasteiger charge is 2.59. The first-order valence-corrected chi connectivity index (χ1v) is 18.7.